The summed E-state index contributed by atoms with van der Waals surface area (Å²) in [7, 11) is 2.01. The highest BCUT2D eigenvalue weighted by molar-refractivity contribution is 6.33. The highest BCUT2D eigenvalue weighted by atomic mass is 35.5. The van der Waals surface area contributed by atoms with Gasteiger partial charge in [-0.3, -0.25) is 4.79 Å². The molecule has 2 aromatic carbocycles. The minimum absolute atomic E-state index is 0.0332. The molecule has 0 aromatic heterocycles. The molecular formula is C17H20ClN2O+. The zero-order valence-corrected chi connectivity index (χ0v) is 13.1. The van der Waals surface area contributed by atoms with Crippen LogP contribution in [0.25, 0.3) is 0 Å². The molecule has 110 valence electrons. The summed E-state index contributed by atoms with van der Waals surface area (Å²) in [5.41, 5.74) is 3.18. The molecular weight excluding hydrogens is 284 g/mol. The molecule has 1 atom stereocenters. The fourth-order valence-corrected chi connectivity index (χ4v) is 2.41. The molecule has 0 aliphatic heterocycles. The number of carbonyl (C=O) groups is 1. The number of hydrogen-bond acceptors (Lipinski definition) is 1. The number of aryl methyl sites for hydroxylation is 1. The molecule has 0 aliphatic rings. The Labute approximate surface area is 130 Å². The number of anilines is 1. The maximum Gasteiger partial charge on any atom is 0.279 e. The molecule has 1 amide bonds. The van der Waals surface area contributed by atoms with Crippen molar-refractivity contribution in [3.05, 3.63) is 64.7 Å². The third-order valence-electron chi connectivity index (χ3n) is 3.36. The zero-order valence-electron chi connectivity index (χ0n) is 12.3. The molecule has 0 aliphatic carbocycles. The van der Waals surface area contributed by atoms with E-state index in [2.05, 4.69) is 24.4 Å². The Hall–Kier alpha value is -1.84. The van der Waals surface area contributed by atoms with E-state index in [0.29, 0.717) is 17.3 Å². The average molecular weight is 304 g/mol. The number of nitrogens with one attached hydrogen (secondary N) is 2. The monoisotopic (exact) mass is 303 g/mol. The van der Waals surface area contributed by atoms with Gasteiger partial charge in [0, 0.05) is 5.56 Å². The van der Waals surface area contributed by atoms with Crippen LogP contribution in [0, 0.1) is 6.92 Å². The molecule has 0 saturated heterocycles. The smallest absolute Gasteiger partial charge is 0.279 e. The van der Waals surface area contributed by atoms with Crippen molar-refractivity contribution in [2.75, 3.05) is 18.9 Å². The first-order valence-corrected chi connectivity index (χ1v) is 7.34. The van der Waals surface area contributed by atoms with Crippen molar-refractivity contribution >= 4 is 23.2 Å². The Balaban J connectivity index is 1.91. The van der Waals surface area contributed by atoms with Crippen molar-refractivity contribution in [3.63, 3.8) is 0 Å². The van der Waals surface area contributed by atoms with E-state index in [9.17, 15) is 4.79 Å². The Morgan fingerprint density at radius 1 is 1.14 bits per heavy atom. The first-order chi connectivity index (χ1) is 10.1. The summed E-state index contributed by atoms with van der Waals surface area (Å²) in [4.78, 5) is 13.2. The van der Waals surface area contributed by atoms with Crippen molar-refractivity contribution in [1.82, 2.24) is 0 Å². The molecule has 0 heterocycles. The summed E-state index contributed by atoms with van der Waals surface area (Å²) < 4.78 is 0. The summed E-state index contributed by atoms with van der Waals surface area (Å²) in [6, 6.07) is 15.5. The number of rotatable bonds is 5. The van der Waals surface area contributed by atoms with Gasteiger partial charge < -0.3 is 10.2 Å². The van der Waals surface area contributed by atoms with Crippen LogP contribution in [0.3, 0.4) is 0 Å². The van der Waals surface area contributed by atoms with Gasteiger partial charge in [0.05, 0.1) is 17.8 Å². The Bertz CT molecular complexity index is 628. The van der Waals surface area contributed by atoms with Crippen LogP contribution in [0.2, 0.25) is 5.02 Å². The number of carbonyl (C=O) groups excluding carboxylic acids is 1. The fourth-order valence-electron chi connectivity index (χ4n) is 2.23. The Morgan fingerprint density at radius 2 is 1.81 bits per heavy atom. The molecule has 21 heavy (non-hydrogen) atoms. The van der Waals surface area contributed by atoms with E-state index in [1.807, 2.05) is 31.3 Å². The van der Waals surface area contributed by atoms with Gasteiger partial charge in [0.2, 0.25) is 0 Å². The second-order valence-electron chi connectivity index (χ2n) is 5.27. The molecule has 2 N–H and O–H groups in total. The van der Waals surface area contributed by atoms with Gasteiger partial charge in [-0.2, -0.15) is 0 Å². The van der Waals surface area contributed by atoms with Gasteiger partial charge in [0.1, 0.15) is 6.54 Å². The van der Waals surface area contributed by atoms with Gasteiger partial charge in [-0.05, 0) is 24.6 Å². The first kappa shape index (κ1) is 15.5. The van der Waals surface area contributed by atoms with E-state index in [0.717, 1.165) is 11.4 Å². The fraction of sp³-hybridized carbons (Fsp3) is 0.235. The third-order valence-corrected chi connectivity index (χ3v) is 3.69. The highest BCUT2D eigenvalue weighted by Gasteiger charge is 2.12. The normalized spacial score (nSPS) is 12.0. The lowest BCUT2D eigenvalue weighted by Crippen LogP contribution is -3.08. The summed E-state index contributed by atoms with van der Waals surface area (Å²) in [5.74, 6) is -0.0332. The van der Waals surface area contributed by atoms with Crippen LogP contribution in [0.5, 0.6) is 0 Å². The van der Waals surface area contributed by atoms with E-state index < -0.39 is 0 Å². The molecule has 0 saturated carbocycles. The quantitative estimate of drug-likeness (QED) is 0.873. The van der Waals surface area contributed by atoms with E-state index >= 15 is 0 Å². The van der Waals surface area contributed by atoms with Gasteiger partial charge >= 0.3 is 0 Å². The number of benzene rings is 2. The molecule has 2 rings (SSSR count). The van der Waals surface area contributed by atoms with Crippen LogP contribution >= 0.6 is 11.6 Å². The van der Waals surface area contributed by atoms with Crippen LogP contribution < -0.4 is 10.2 Å². The Morgan fingerprint density at radius 3 is 2.52 bits per heavy atom. The van der Waals surface area contributed by atoms with Crippen LogP contribution in [-0.4, -0.2) is 19.5 Å². The summed E-state index contributed by atoms with van der Waals surface area (Å²) in [6.45, 7) is 3.31. The summed E-state index contributed by atoms with van der Waals surface area (Å²) in [6.07, 6.45) is 0. The molecule has 0 fully saturated rings. The van der Waals surface area contributed by atoms with Gasteiger partial charge in [0.15, 0.2) is 6.54 Å². The van der Waals surface area contributed by atoms with Crippen molar-refractivity contribution in [2.24, 2.45) is 0 Å². The van der Waals surface area contributed by atoms with Gasteiger partial charge in [0.25, 0.3) is 5.91 Å². The van der Waals surface area contributed by atoms with Crippen LogP contribution in [0.15, 0.2) is 48.5 Å². The van der Waals surface area contributed by atoms with Crippen molar-refractivity contribution < 1.29 is 9.69 Å². The van der Waals surface area contributed by atoms with Crippen molar-refractivity contribution in [2.45, 2.75) is 13.5 Å². The van der Waals surface area contributed by atoms with Gasteiger partial charge in [-0.25, -0.2) is 0 Å². The second-order valence-corrected chi connectivity index (χ2v) is 5.67. The molecule has 4 heteroatoms. The number of para-hydroxylation sites is 1. The molecule has 0 spiro atoms. The largest absolute Gasteiger partial charge is 0.326 e. The molecule has 0 radical (unpaired) electrons. The van der Waals surface area contributed by atoms with Crippen LogP contribution in [0.1, 0.15) is 11.1 Å². The molecule has 2 aromatic rings. The number of halogens is 1. The SMILES string of the molecule is Cc1ccccc1C[NH+](C)CC(=O)Nc1ccccc1Cl. The number of amides is 1. The van der Waals surface area contributed by atoms with Gasteiger partial charge in [-0.1, -0.05) is 48.0 Å². The van der Waals surface area contributed by atoms with Gasteiger partial charge in [-0.15, -0.1) is 0 Å². The average Bonchev–Trinajstić information content (AvgIpc) is 2.44. The third kappa shape index (κ3) is 4.59. The summed E-state index contributed by atoms with van der Waals surface area (Å²) in [5, 5.41) is 3.41. The zero-order chi connectivity index (χ0) is 15.2. The standard InChI is InChI=1S/C17H19ClN2O/c1-13-7-3-4-8-14(13)11-20(2)12-17(21)19-16-10-6-5-9-15(16)18/h3-10H,11-12H2,1-2H3,(H,19,21)/p+1. The molecule has 3 nitrogen and oxygen atoms in total. The lowest BCUT2D eigenvalue weighted by molar-refractivity contribution is -0.885. The van der Waals surface area contributed by atoms with Crippen LogP contribution in [0.4, 0.5) is 5.69 Å². The van der Waals surface area contributed by atoms with Crippen molar-refractivity contribution in [3.8, 4) is 0 Å². The second kappa shape index (κ2) is 7.25. The van der Waals surface area contributed by atoms with E-state index in [4.69, 9.17) is 11.6 Å². The van der Waals surface area contributed by atoms with E-state index in [1.165, 1.54) is 11.1 Å². The number of likely N-dealkylation sites (N-methyl/N-ethyl adjacent to an activating group) is 1. The predicted molar refractivity (Wildman–Crippen MR) is 86.7 cm³/mol. The van der Waals surface area contributed by atoms with E-state index in [-0.39, 0.29) is 5.91 Å². The maximum absolute atomic E-state index is 12.1. The predicted octanol–water partition coefficient (Wildman–Crippen LogP) is 2.30. The minimum atomic E-state index is -0.0332. The number of quaternary nitrogens is 1. The lowest BCUT2D eigenvalue weighted by Gasteiger charge is -2.15. The molecule has 0 bridgehead atoms. The van der Waals surface area contributed by atoms with Crippen molar-refractivity contribution in [1.29, 1.82) is 0 Å². The van der Waals surface area contributed by atoms with Crippen LogP contribution in [-0.2, 0) is 11.3 Å². The van der Waals surface area contributed by atoms with E-state index in [1.54, 1.807) is 12.1 Å². The number of hydrogen-bond donors (Lipinski definition) is 2. The highest BCUT2D eigenvalue weighted by Crippen LogP contribution is 2.19. The minimum Gasteiger partial charge on any atom is -0.326 e. The molecule has 1 unspecified atom stereocenters. The summed E-state index contributed by atoms with van der Waals surface area (Å²) >= 11 is 6.03. The first-order valence-electron chi connectivity index (χ1n) is 6.96. The maximum atomic E-state index is 12.1. The topological polar surface area (TPSA) is 33.5 Å². The lowest BCUT2D eigenvalue weighted by atomic mass is 10.1. The Kier molecular flexibility index (Phi) is 5.37.